The van der Waals surface area contributed by atoms with Crippen LogP contribution in [0.3, 0.4) is 0 Å². The number of hydrogen-bond acceptors (Lipinski definition) is 5. The third-order valence-electron chi connectivity index (χ3n) is 7.24. The van der Waals surface area contributed by atoms with Crippen LogP contribution in [0.4, 0.5) is 0 Å². The first-order chi connectivity index (χ1) is 22.2. The highest BCUT2D eigenvalue weighted by Gasteiger charge is 2.16. The van der Waals surface area contributed by atoms with Crippen LogP contribution < -0.4 is 0 Å². The fraction of sp³-hybridized carbons (Fsp3) is 0.390. The van der Waals surface area contributed by atoms with E-state index in [1.807, 2.05) is 37.0 Å². The lowest BCUT2D eigenvalue weighted by Gasteiger charge is -2.30. The number of benzene rings is 4. The zero-order valence-electron chi connectivity index (χ0n) is 29.2. The van der Waals surface area contributed by atoms with Crippen molar-refractivity contribution in [3.8, 4) is 0 Å². The summed E-state index contributed by atoms with van der Waals surface area (Å²) in [6.07, 6.45) is 3.80. The van der Waals surface area contributed by atoms with E-state index in [-0.39, 0.29) is 13.2 Å². The fourth-order valence-electron chi connectivity index (χ4n) is 4.57. The topological polar surface area (TPSA) is 26.8 Å². The predicted octanol–water partition coefficient (Wildman–Crippen LogP) is 9.93. The normalized spacial score (nSPS) is 10.9. The second-order valence-electron chi connectivity index (χ2n) is 11.7. The molecule has 0 aliphatic heterocycles. The Bertz CT molecular complexity index is 1290. The van der Waals surface area contributed by atoms with Crippen molar-refractivity contribution in [2.45, 2.75) is 53.1 Å². The molecule has 0 saturated heterocycles. The summed E-state index contributed by atoms with van der Waals surface area (Å²) in [6.45, 7) is 10.1. The Balaban J connectivity index is 0.000000695. The highest BCUT2D eigenvalue weighted by atomic mass is 32.4. The van der Waals surface area contributed by atoms with Gasteiger partial charge in [-0.15, -0.1) is 0 Å². The Labute approximate surface area is 294 Å². The van der Waals surface area contributed by atoms with E-state index in [2.05, 4.69) is 153 Å². The second-order valence-corrected chi connectivity index (χ2v) is 13.2. The first-order valence-corrected chi connectivity index (χ1v) is 18.5. The van der Waals surface area contributed by atoms with Gasteiger partial charge in [-0.3, -0.25) is 9.69 Å². The van der Waals surface area contributed by atoms with E-state index in [0.717, 1.165) is 32.6 Å². The highest BCUT2D eigenvalue weighted by molar-refractivity contribution is 7.96. The van der Waals surface area contributed by atoms with E-state index >= 15 is 0 Å². The van der Waals surface area contributed by atoms with Gasteiger partial charge in [-0.2, -0.15) is 0 Å². The molecule has 0 heterocycles. The Morgan fingerprint density at radius 3 is 1.51 bits per heavy atom. The minimum absolute atomic E-state index is 0. The number of nitrogens with zero attached hydrogens (tertiary/aromatic N) is 3. The summed E-state index contributed by atoms with van der Waals surface area (Å²) in [6, 6.07) is 41.9. The van der Waals surface area contributed by atoms with Gasteiger partial charge in [0.1, 0.15) is 0 Å². The van der Waals surface area contributed by atoms with Crippen molar-refractivity contribution in [1.29, 1.82) is 0 Å². The van der Waals surface area contributed by atoms with Gasteiger partial charge in [-0.1, -0.05) is 141 Å². The molecule has 4 nitrogen and oxygen atoms in total. The van der Waals surface area contributed by atoms with E-state index in [4.69, 9.17) is 0 Å². The van der Waals surface area contributed by atoms with E-state index < -0.39 is 0 Å². The number of ketones is 1. The molecule has 1 unspecified atom stereocenters. The number of carbonyl (C=O) groups is 1. The van der Waals surface area contributed by atoms with Crippen molar-refractivity contribution < 1.29 is 4.79 Å². The Morgan fingerprint density at radius 1 is 0.660 bits per heavy atom. The number of carbonyl (C=O) groups excluding carboxylic acids is 1. The summed E-state index contributed by atoms with van der Waals surface area (Å²) < 4.78 is 0. The minimum Gasteiger partial charge on any atom is -0.309 e. The molecule has 0 radical (unpaired) electrons. The molecule has 0 spiro atoms. The molecule has 0 bridgehead atoms. The number of unbranched alkanes of at least 4 members (excludes halogenated alkanes) is 1. The number of hydrogen-bond donors (Lipinski definition) is 0. The van der Waals surface area contributed by atoms with Gasteiger partial charge in [-0.05, 0) is 98.6 Å². The average Bonchev–Trinajstić information content (AvgIpc) is 3.07. The lowest BCUT2D eigenvalue weighted by Crippen LogP contribution is -2.33. The van der Waals surface area contributed by atoms with Crippen LogP contribution in [0.25, 0.3) is 0 Å². The first-order valence-electron chi connectivity index (χ1n) is 16.1. The van der Waals surface area contributed by atoms with Crippen LogP contribution >= 0.6 is 7.36 Å². The SMILES string of the molecule is C.CC(=O)c1ccccc1.CC(c1ccccc1)N(CCN(C)C)Cc1ccccc1.CN(C)CCCCc1ccccc1.CP=S. The summed E-state index contributed by atoms with van der Waals surface area (Å²) in [5.41, 5.74) is 4.99. The summed E-state index contributed by atoms with van der Waals surface area (Å²) in [7, 11) is 9.52. The van der Waals surface area contributed by atoms with Crippen molar-refractivity contribution in [3.63, 3.8) is 0 Å². The van der Waals surface area contributed by atoms with Gasteiger partial charge in [0.25, 0.3) is 0 Å². The zero-order chi connectivity index (χ0) is 34.0. The lowest BCUT2D eigenvalue weighted by molar-refractivity contribution is 0.101. The van der Waals surface area contributed by atoms with E-state index in [0.29, 0.717) is 6.04 Å². The van der Waals surface area contributed by atoms with Crippen molar-refractivity contribution in [3.05, 3.63) is 144 Å². The van der Waals surface area contributed by atoms with E-state index in [9.17, 15) is 4.79 Å². The maximum atomic E-state index is 10.6. The minimum atomic E-state index is 0. The van der Waals surface area contributed by atoms with Gasteiger partial charge >= 0.3 is 0 Å². The molecule has 0 amide bonds. The van der Waals surface area contributed by atoms with Gasteiger partial charge in [-0.25, -0.2) is 0 Å². The van der Waals surface area contributed by atoms with Crippen LogP contribution in [-0.4, -0.2) is 75.0 Å². The van der Waals surface area contributed by atoms with E-state index in [1.54, 1.807) is 6.92 Å². The number of Topliss-reactive ketones (excluding diaryl/α,β-unsaturated/α-hetero) is 1. The van der Waals surface area contributed by atoms with Gasteiger partial charge in [0.15, 0.2) is 5.78 Å². The quantitative estimate of drug-likeness (QED) is 0.0800. The smallest absolute Gasteiger partial charge is 0.159 e. The van der Waals surface area contributed by atoms with Gasteiger partial charge < -0.3 is 9.80 Å². The summed E-state index contributed by atoms with van der Waals surface area (Å²) >= 11 is 4.37. The molecule has 256 valence electrons. The van der Waals surface area contributed by atoms with Gasteiger partial charge in [0, 0.05) is 31.2 Å². The van der Waals surface area contributed by atoms with Crippen LogP contribution in [0.5, 0.6) is 0 Å². The Kier molecular flexibility index (Phi) is 26.2. The van der Waals surface area contributed by atoms with E-state index in [1.165, 1.54) is 42.5 Å². The van der Waals surface area contributed by atoms with Crippen molar-refractivity contribution >= 4 is 24.9 Å². The molecule has 47 heavy (non-hydrogen) atoms. The molecule has 0 saturated carbocycles. The van der Waals surface area contributed by atoms with Crippen LogP contribution in [0.2, 0.25) is 0 Å². The fourth-order valence-corrected chi connectivity index (χ4v) is 4.57. The maximum Gasteiger partial charge on any atom is 0.159 e. The zero-order valence-corrected chi connectivity index (χ0v) is 30.9. The number of likely N-dealkylation sites (N-methyl/N-ethyl adjacent to an activating group) is 1. The third kappa shape index (κ3) is 22.2. The molecule has 0 fully saturated rings. The number of aryl methyl sites for hydroxylation is 1. The monoisotopic (exact) mass is 673 g/mol. The van der Waals surface area contributed by atoms with Crippen molar-refractivity contribution in [2.75, 3.05) is 54.5 Å². The van der Waals surface area contributed by atoms with Crippen LogP contribution in [0, 0.1) is 0 Å². The Hall–Kier alpha value is -3.05. The average molecular weight is 674 g/mol. The molecule has 1 atom stereocenters. The molecule has 0 aliphatic rings. The number of rotatable bonds is 13. The van der Waals surface area contributed by atoms with Crippen LogP contribution in [0.1, 0.15) is 67.2 Å². The molecule has 0 aromatic heterocycles. The third-order valence-corrected chi connectivity index (χ3v) is 7.24. The molecule has 0 aliphatic carbocycles. The van der Waals surface area contributed by atoms with Crippen molar-refractivity contribution in [2.24, 2.45) is 0 Å². The van der Waals surface area contributed by atoms with Gasteiger partial charge in [0.05, 0.1) is 0 Å². The predicted molar refractivity (Wildman–Crippen MR) is 212 cm³/mol. The van der Waals surface area contributed by atoms with Gasteiger partial charge in [0.2, 0.25) is 0 Å². The molecule has 4 aromatic carbocycles. The molecule has 6 heteroatoms. The molecule has 0 N–H and O–H groups in total. The molecule has 4 rings (SSSR count). The standard InChI is InChI=1S/C19H26N2.C12H19N.C8H8O.CH3PS.CH4/c1-17(19-12-8-5-9-13-19)21(15-14-20(2)3)16-18-10-6-4-7-11-18;1-13(2)11-7-6-10-12-8-4-3-5-9-12;1-7(9)8-5-3-2-4-6-8;1-2-3;/h4-13,17H,14-16H2,1-3H3;3-5,8-9H,6-7,10-11H2,1-2H3;2-6H,1H3;1H3;1H4. The lowest BCUT2D eigenvalue weighted by atomic mass is 10.1. The summed E-state index contributed by atoms with van der Waals surface area (Å²) in [5.74, 6) is 0.121. The molecule has 4 aromatic rings. The summed E-state index contributed by atoms with van der Waals surface area (Å²) in [5, 5.41) is 0. The molecular formula is C41H60N3OPS. The second kappa shape index (κ2) is 28.0. The van der Waals surface area contributed by atoms with Crippen molar-refractivity contribution in [1.82, 2.24) is 14.7 Å². The Morgan fingerprint density at radius 2 is 1.09 bits per heavy atom. The van der Waals surface area contributed by atoms with Crippen LogP contribution in [-0.2, 0) is 24.8 Å². The largest absolute Gasteiger partial charge is 0.309 e. The first kappa shape index (κ1) is 43.9. The van der Waals surface area contributed by atoms with Crippen LogP contribution in [0.15, 0.2) is 121 Å². The summed E-state index contributed by atoms with van der Waals surface area (Å²) in [4.78, 5) is 17.7. The molecular weight excluding hydrogens is 614 g/mol. The highest BCUT2D eigenvalue weighted by Crippen LogP contribution is 2.22. The maximum absolute atomic E-state index is 10.6.